The maximum Gasteiger partial charge on any atom is 0.257 e. The minimum Gasteiger partial charge on any atom is -0.348 e. The summed E-state index contributed by atoms with van der Waals surface area (Å²) in [4.78, 5) is 14.0. The molecule has 0 bridgehead atoms. The Labute approximate surface area is 119 Å². The number of benzene rings is 1. The topological polar surface area (TPSA) is 32.3 Å². The van der Waals surface area contributed by atoms with Gasteiger partial charge < -0.3 is 10.2 Å². The van der Waals surface area contributed by atoms with Crippen LogP contribution in [0.4, 0.5) is 8.78 Å². The fourth-order valence-electron chi connectivity index (χ4n) is 2.30. The van der Waals surface area contributed by atoms with Crippen LogP contribution in [-0.2, 0) is 0 Å². The molecule has 1 aromatic carbocycles. The summed E-state index contributed by atoms with van der Waals surface area (Å²) in [6.45, 7) is 1.68. The Morgan fingerprint density at radius 3 is 2.63 bits per heavy atom. The van der Waals surface area contributed by atoms with Crippen LogP contribution < -0.4 is 5.32 Å². The Morgan fingerprint density at radius 2 is 2.05 bits per heavy atom. The van der Waals surface area contributed by atoms with E-state index in [1.165, 1.54) is 0 Å². The smallest absolute Gasteiger partial charge is 0.257 e. The van der Waals surface area contributed by atoms with E-state index in [0.29, 0.717) is 6.54 Å². The van der Waals surface area contributed by atoms with Crippen LogP contribution >= 0.6 is 15.9 Å². The van der Waals surface area contributed by atoms with Crippen LogP contribution in [0.15, 0.2) is 16.6 Å². The molecule has 1 unspecified atom stereocenters. The van der Waals surface area contributed by atoms with E-state index >= 15 is 0 Å². The highest BCUT2D eigenvalue weighted by Gasteiger charge is 2.23. The predicted molar refractivity (Wildman–Crippen MR) is 72.0 cm³/mol. The summed E-state index contributed by atoms with van der Waals surface area (Å²) in [6, 6.07) is 2.12. The zero-order valence-corrected chi connectivity index (χ0v) is 12.1. The molecule has 19 heavy (non-hydrogen) atoms. The molecule has 1 atom stereocenters. The number of likely N-dealkylation sites (N-methyl/N-ethyl adjacent to an activating group) is 1. The van der Waals surface area contributed by atoms with Crippen molar-refractivity contribution in [3.8, 4) is 0 Å². The standard InChI is InChI=1S/C13H15BrF2N2O/c1-18-4-2-3-9(7-18)17-13(19)12-10(15)5-8(14)6-11(12)16/h5-6,9H,2-4,7H2,1H3,(H,17,19). The average Bonchev–Trinajstić information content (AvgIpc) is 2.27. The van der Waals surface area contributed by atoms with Crippen molar-refractivity contribution >= 4 is 21.8 Å². The Balaban J connectivity index is 2.12. The van der Waals surface area contributed by atoms with E-state index in [-0.39, 0.29) is 10.5 Å². The fourth-order valence-corrected chi connectivity index (χ4v) is 2.70. The Kier molecular flexibility index (Phi) is 4.52. The van der Waals surface area contributed by atoms with Gasteiger partial charge in [-0.3, -0.25) is 4.79 Å². The van der Waals surface area contributed by atoms with Crippen LogP contribution in [0, 0.1) is 11.6 Å². The molecule has 1 saturated heterocycles. The van der Waals surface area contributed by atoms with Crippen molar-refractivity contribution in [2.75, 3.05) is 20.1 Å². The van der Waals surface area contributed by atoms with Gasteiger partial charge >= 0.3 is 0 Å². The zero-order valence-electron chi connectivity index (χ0n) is 10.5. The van der Waals surface area contributed by atoms with Gasteiger partial charge in [0.15, 0.2) is 0 Å². The summed E-state index contributed by atoms with van der Waals surface area (Å²) in [5.74, 6) is -2.40. The van der Waals surface area contributed by atoms with E-state index in [1.807, 2.05) is 7.05 Å². The predicted octanol–water partition coefficient (Wildman–Crippen LogP) is 2.55. The normalized spacial score (nSPS) is 20.3. The van der Waals surface area contributed by atoms with Gasteiger partial charge in [0.05, 0.1) is 0 Å². The van der Waals surface area contributed by atoms with Crippen molar-refractivity contribution in [1.29, 1.82) is 0 Å². The third-order valence-corrected chi connectivity index (χ3v) is 3.65. The molecule has 2 rings (SSSR count). The fraction of sp³-hybridized carbons (Fsp3) is 0.462. The van der Waals surface area contributed by atoms with Gasteiger partial charge in [0, 0.05) is 17.1 Å². The van der Waals surface area contributed by atoms with Crippen LogP contribution in [0.25, 0.3) is 0 Å². The highest BCUT2D eigenvalue weighted by Crippen LogP contribution is 2.20. The number of nitrogens with zero attached hydrogens (tertiary/aromatic N) is 1. The average molecular weight is 333 g/mol. The van der Waals surface area contributed by atoms with E-state index in [1.54, 1.807) is 0 Å². The van der Waals surface area contributed by atoms with Crippen molar-refractivity contribution < 1.29 is 13.6 Å². The minimum absolute atomic E-state index is 0.0614. The lowest BCUT2D eigenvalue weighted by molar-refractivity contribution is 0.0904. The molecule has 1 heterocycles. The summed E-state index contributed by atoms with van der Waals surface area (Å²) >= 11 is 2.98. The van der Waals surface area contributed by atoms with Crippen LogP contribution in [0.2, 0.25) is 0 Å². The van der Waals surface area contributed by atoms with Crippen molar-refractivity contribution in [1.82, 2.24) is 10.2 Å². The highest BCUT2D eigenvalue weighted by atomic mass is 79.9. The SMILES string of the molecule is CN1CCCC(NC(=O)c2c(F)cc(Br)cc2F)C1. The van der Waals surface area contributed by atoms with Gasteiger partial charge in [-0.1, -0.05) is 15.9 Å². The monoisotopic (exact) mass is 332 g/mol. The van der Waals surface area contributed by atoms with Gasteiger partial charge in [-0.25, -0.2) is 8.78 Å². The summed E-state index contributed by atoms with van der Waals surface area (Å²) in [7, 11) is 1.96. The molecule has 104 valence electrons. The van der Waals surface area contributed by atoms with Crippen molar-refractivity contribution in [3.63, 3.8) is 0 Å². The molecule has 1 aliphatic rings. The second kappa shape index (κ2) is 5.96. The first-order valence-corrected chi connectivity index (χ1v) is 6.90. The third kappa shape index (κ3) is 3.51. The molecule has 0 spiro atoms. The lowest BCUT2D eigenvalue weighted by Gasteiger charge is -2.30. The molecule has 1 fully saturated rings. The quantitative estimate of drug-likeness (QED) is 0.902. The molecule has 0 saturated carbocycles. The molecule has 1 N–H and O–H groups in total. The largest absolute Gasteiger partial charge is 0.348 e. The molecule has 1 aromatic rings. The highest BCUT2D eigenvalue weighted by molar-refractivity contribution is 9.10. The van der Waals surface area contributed by atoms with E-state index in [4.69, 9.17) is 0 Å². The summed E-state index contributed by atoms with van der Waals surface area (Å²) in [5, 5.41) is 2.69. The molecule has 1 aliphatic heterocycles. The van der Waals surface area contributed by atoms with Crippen LogP contribution in [0.1, 0.15) is 23.2 Å². The van der Waals surface area contributed by atoms with E-state index < -0.39 is 23.1 Å². The van der Waals surface area contributed by atoms with Gasteiger partial charge in [-0.2, -0.15) is 0 Å². The van der Waals surface area contributed by atoms with E-state index in [9.17, 15) is 13.6 Å². The number of piperidine rings is 1. The lowest BCUT2D eigenvalue weighted by atomic mass is 10.1. The number of hydrogen-bond acceptors (Lipinski definition) is 2. The lowest BCUT2D eigenvalue weighted by Crippen LogP contribution is -2.46. The Bertz CT molecular complexity index is 473. The number of halogens is 3. The summed E-state index contributed by atoms with van der Waals surface area (Å²) in [6.07, 6.45) is 1.79. The van der Waals surface area contributed by atoms with Gasteiger partial charge in [0.25, 0.3) is 5.91 Å². The molecule has 1 amide bonds. The third-order valence-electron chi connectivity index (χ3n) is 3.19. The molecule has 0 radical (unpaired) electrons. The number of carbonyl (C=O) groups is 1. The number of rotatable bonds is 2. The van der Waals surface area contributed by atoms with Crippen molar-refractivity contribution in [2.45, 2.75) is 18.9 Å². The molecule has 0 aliphatic carbocycles. The number of carbonyl (C=O) groups excluding carboxylic acids is 1. The van der Waals surface area contributed by atoms with Crippen LogP contribution in [0.5, 0.6) is 0 Å². The Hall–Kier alpha value is -1.01. The zero-order chi connectivity index (χ0) is 14.0. The first-order chi connectivity index (χ1) is 8.97. The maximum atomic E-state index is 13.7. The summed E-state index contributed by atoms with van der Waals surface area (Å²) in [5.41, 5.74) is -0.517. The van der Waals surface area contributed by atoms with Gasteiger partial charge in [-0.15, -0.1) is 0 Å². The first kappa shape index (κ1) is 14.4. The molecule has 6 heteroatoms. The minimum atomic E-state index is -0.853. The number of likely N-dealkylation sites (tertiary alicyclic amines) is 1. The molecule has 0 aromatic heterocycles. The van der Waals surface area contributed by atoms with Crippen molar-refractivity contribution in [2.24, 2.45) is 0 Å². The number of hydrogen-bond donors (Lipinski definition) is 1. The van der Waals surface area contributed by atoms with Gasteiger partial charge in [0.2, 0.25) is 0 Å². The van der Waals surface area contributed by atoms with Crippen LogP contribution in [0.3, 0.4) is 0 Å². The van der Waals surface area contributed by atoms with Crippen molar-refractivity contribution in [3.05, 3.63) is 33.8 Å². The second-order valence-corrected chi connectivity index (χ2v) is 5.73. The maximum absolute atomic E-state index is 13.7. The Morgan fingerprint density at radius 1 is 1.42 bits per heavy atom. The summed E-state index contributed by atoms with van der Waals surface area (Å²) < 4.78 is 27.6. The first-order valence-electron chi connectivity index (χ1n) is 6.11. The van der Waals surface area contributed by atoms with E-state index in [0.717, 1.165) is 31.5 Å². The van der Waals surface area contributed by atoms with Gasteiger partial charge in [0.1, 0.15) is 17.2 Å². The van der Waals surface area contributed by atoms with Gasteiger partial charge in [-0.05, 0) is 38.6 Å². The van der Waals surface area contributed by atoms with E-state index in [2.05, 4.69) is 26.1 Å². The second-order valence-electron chi connectivity index (χ2n) is 4.82. The number of nitrogens with one attached hydrogen (secondary N) is 1. The van der Waals surface area contributed by atoms with Crippen LogP contribution in [-0.4, -0.2) is 37.0 Å². The molecular weight excluding hydrogens is 318 g/mol. The molecular formula is C13H15BrF2N2O. The molecule has 3 nitrogen and oxygen atoms in total. The number of amides is 1.